The van der Waals surface area contributed by atoms with Crippen LogP contribution in [-0.4, -0.2) is 27.3 Å². The molecule has 21 heavy (non-hydrogen) atoms. The zero-order valence-electron chi connectivity index (χ0n) is 13.9. The lowest BCUT2D eigenvalue weighted by atomic mass is 9.95. The fourth-order valence-electron chi connectivity index (χ4n) is 3.77. The standard InChI is InChI=1S/C16H28N4O/c1-6-14-11(4)19-20(12(14)5)13-7-8-16(9-13,15(17)21)18-10(2)3/h10,13,18H,6-9H2,1-5H3,(H2,17,21). The highest BCUT2D eigenvalue weighted by Gasteiger charge is 2.45. The molecule has 0 aromatic carbocycles. The molecule has 0 saturated heterocycles. The van der Waals surface area contributed by atoms with Crippen molar-refractivity contribution in [3.05, 3.63) is 17.0 Å². The van der Waals surface area contributed by atoms with Gasteiger partial charge in [0.25, 0.3) is 0 Å². The topological polar surface area (TPSA) is 72.9 Å². The molecular formula is C16H28N4O. The van der Waals surface area contributed by atoms with Gasteiger partial charge in [-0.1, -0.05) is 6.92 Å². The second kappa shape index (κ2) is 5.79. The SMILES string of the molecule is CCc1c(C)nn(C2CCC(NC(C)C)(C(N)=O)C2)c1C. The number of amides is 1. The first kappa shape index (κ1) is 16.0. The first-order chi connectivity index (χ1) is 9.80. The quantitative estimate of drug-likeness (QED) is 0.872. The van der Waals surface area contributed by atoms with Gasteiger partial charge in [-0.05, 0) is 58.9 Å². The Bertz CT molecular complexity index is 535. The summed E-state index contributed by atoms with van der Waals surface area (Å²) >= 11 is 0. The molecule has 0 spiro atoms. The molecule has 1 aromatic rings. The molecule has 1 heterocycles. The van der Waals surface area contributed by atoms with Crippen molar-refractivity contribution >= 4 is 5.91 Å². The number of aryl methyl sites for hydroxylation is 1. The fourth-order valence-corrected chi connectivity index (χ4v) is 3.77. The molecule has 1 aliphatic carbocycles. The van der Waals surface area contributed by atoms with E-state index in [1.807, 2.05) is 0 Å². The fraction of sp³-hybridized carbons (Fsp3) is 0.750. The van der Waals surface area contributed by atoms with Crippen LogP contribution < -0.4 is 11.1 Å². The summed E-state index contributed by atoms with van der Waals surface area (Å²) in [7, 11) is 0. The third-order valence-electron chi connectivity index (χ3n) is 4.70. The molecule has 2 atom stereocenters. The first-order valence-corrected chi connectivity index (χ1v) is 7.93. The van der Waals surface area contributed by atoms with E-state index in [0.717, 1.165) is 31.4 Å². The van der Waals surface area contributed by atoms with E-state index < -0.39 is 5.54 Å². The molecule has 0 aliphatic heterocycles. The van der Waals surface area contributed by atoms with Gasteiger partial charge in [-0.3, -0.25) is 9.48 Å². The predicted molar refractivity (Wildman–Crippen MR) is 84.2 cm³/mol. The lowest BCUT2D eigenvalue weighted by Crippen LogP contribution is -2.56. The van der Waals surface area contributed by atoms with Gasteiger partial charge in [0.1, 0.15) is 0 Å². The molecule has 1 amide bonds. The van der Waals surface area contributed by atoms with E-state index in [1.165, 1.54) is 11.3 Å². The predicted octanol–water partition coefficient (Wildman–Crippen LogP) is 2.01. The summed E-state index contributed by atoms with van der Waals surface area (Å²) in [5, 5.41) is 8.10. The van der Waals surface area contributed by atoms with E-state index in [9.17, 15) is 4.79 Å². The van der Waals surface area contributed by atoms with Gasteiger partial charge < -0.3 is 11.1 Å². The summed E-state index contributed by atoms with van der Waals surface area (Å²) in [5.74, 6) is -0.240. The molecular weight excluding hydrogens is 264 g/mol. The van der Waals surface area contributed by atoms with Gasteiger partial charge in [0, 0.05) is 11.7 Å². The van der Waals surface area contributed by atoms with E-state index in [1.54, 1.807) is 0 Å². The van der Waals surface area contributed by atoms with Crippen LogP contribution in [0.3, 0.4) is 0 Å². The Morgan fingerprint density at radius 3 is 2.67 bits per heavy atom. The molecule has 0 radical (unpaired) electrons. The third-order valence-corrected chi connectivity index (χ3v) is 4.70. The molecule has 0 bridgehead atoms. The largest absolute Gasteiger partial charge is 0.368 e. The molecule has 5 nitrogen and oxygen atoms in total. The lowest BCUT2D eigenvalue weighted by Gasteiger charge is -2.29. The number of nitrogens with zero attached hydrogens (tertiary/aromatic N) is 2. The van der Waals surface area contributed by atoms with Gasteiger partial charge in [0.2, 0.25) is 5.91 Å². The summed E-state index contributed by atoms with van der Waals surface area (Å²) in [4.78, 5) is 12.0. The zero-order chi connectivity index (χ0) is 15.8. The van der Waals surface area contributed by atoms with Gasteiger partial charge >= 0.3 is 0 Å². The Labute approximate surface area is 127 Å². The van der Waals surface area contributed by atoms with Crippen molar-refractivity contribution in [2.45, 2.75) is 77.9 Å². The minimum Gasteiger partial charge on any atom is -0.368 e. The van der Waals surface area contributed by atoms with Gasteiger partial charge in [-0.15, -0.1) is 0 Å². The number of rotatable bonds is 5. The van der Waals surface area contributed by atoms with Crippen LogP contribution in [0.4, 0.5) is 0 Å². The van der Waals surface area contributed by atoms with Crippen LogP contribution in [0.5, 0.6) is 0 Å². The van der Waals surface area contributed by atoms with E-state index >= 15 is 0 Å². The Morgan fingerprint density at radius 2 is 2.19 bits per heavy atom. The highest BCUT2D eigenvalue weighted by Crippen LogP contribution is 2.39. The first-order valence-electron chi connectivity index (χ1n) is 7.93. The highest BCUT2D eigenvalue weighted by molar-refractivity contribution is 5.85. The maximum Gasteiger partial charge on any atom is 0.237 e. The molecule has 1 saturated carbocycles. The Morgan fingerprint density at radius 1 is 1.52 bits per heavy atom. The number of carbonyl (C=O) groups excluding carboxylic acids is 1. The smallest absolute Gasteiger partial charge is 0.237 e. The van der Waals surface area contributed by atoms with Crippen molar-refractivity contribution in [2.75, 3.05) is 0 Å². The van der Waals surface area contributed by atoms with Crippen molar-refractivity contribution in [2.24, 2.45) is 5.73 Å². The van der Waals surface area contributed by atoms with E-state index in [0.29, 0.717) is 0 Å². The number of nitrogens with one attached hydrogen (secondary N) is 1. The number of hydrogen-bond donors (Lipinski definition) is 2. The van der Waals surface area contributed by atoms with Crippen LogP contribution in [0.2, 0.25) is 0 Å². The van der Waals surface area contributed by atoms with Gasteiger partial charge in [0.15, 0.2) is 0 Å². The summed E-state index contributed by atoms with van der Waals surface area (Å²) < 4.78 is 2.11. The number of carbonyl (C=O) groups is 1. The zero-order valence-corrected chi connectivity index (χ0v) is 13.9. The summed E-state index contributed by atoms with van der Waals surface area (Å²) in [6.07, 6.45) is 3.44. The molecule has 1 fully saturated rings. The van der Waals surface area contributed by atoms with Crippen molar-refractivity contribution in [1.82, 2.24) is 15.1 Å². The van der Waals surface area contributed by atoms with Crippen LogP contribution in [0.25, 0.3) is 0 Å². The monoisotopic (exact) mass is 292 g/mol. The number of hydrogen-bond acceptors (Lipinski definition) is 3. The van der Waals surface area contributed by atoms with Crippen molar-refractivity contribution in [3.63, 3.8) is 0 Å². The van der Waals surface area contributed by atoms with Crippen molar-refractivity contribution < 1.29 is 4.79 Å². The average Bonchev–Trinajstić information content (AvgIpc) is 2.91. The normalized spacial score (nSPS) is 25.7. The Kier molecular flexibility index (Phi) is 4.42. The Balaban J connectivity index is 2.27. The molecule has 1 aliphatic rings. The number of primary amides is 1. The van der Waals surface area contributed by atoms with Gasteiger partial charge in [-0.2, -0.15) is 5.10 Å². The molecule has 3 N–H and O–H groups in total. The summed E-state index contributed by atoms with van der Waals surface area (Å²) in [6.45, 7) is 10.4. The van der Waals surface area contributed by atoms with Crippen LogP contribution in [-0.2, 0) is 11.2 Å². The highest BCUT2D eigenvalue weighted by atomic mass is 16.1. The summed E-state index contributed by atoms with van der Waals surface area (Å²) in [5.41, 5.74) is 8.75. The molecule has 118 valence electrons. The molecule has 2 unspecified atom stereocenters. The Hall–Kier alpha value is -1.36. The minimum absolute atomic E-state index is 0.239. The van der Waals surface area contributed by atoms with E-state index in [-0.39, 0.29) is 18.0 Å². The van der Waals surface area contributed by atoms with Crippen molar-refractivity contribution in [1.29, 1.82) is 0 Å². The lowest BCUT2D eigenvalue weighted by molar-refractivity contribution is -0.124. The van der Waals surface area contributed by atoms with E-state index in [2.05, 4.69) is 44.6 Å². The minimum atomic E-state index is -0.586. The second-order valence-corrected chi connectivity index (χ2v) is 6.59. The van der Waals surface area contributed by atoms with Crippen LogP contribution in [0.15, 0.2) is 0 Å². The average molecular weight is 292 g/mol. The number of aromatic nitrogens is 2. The van der Waals surface area contributed by atoms with Crippen LogP contribution >= 0.6 is 0 Å². The second-order valence-electron chi connectivity index (χ2n) is 6.59. The van der Waals surface area contributed by atoms with Gasteiger partial charge in [0.05, 0.1) is 17.3 Å². The van der Waals surface area contributed by atoms with Gasteiger partial charge in [-0.25, -0.2) is 0 Å². The van der Waals surface area contributed by atoms with E-state index in [4.69, 9.17) is 10.8 Å². The number of nitrogens with two attached hydrogens (primary N) is 1. The summed E-state index contributed by atoms with van der Waals surface area (Å²) in [6, 6.07) is 0.491. The molecule has 1 aromatic heterocycles. The molecule has 5 heteroatoms. The molecule has 2 rings (SSSR count). The van der Waals surface area contributed by atoms with Crippen LogP contribution in [0, 0.1) is 13.8 Å². The van der Waals surface area contributed by atoms with Crippen molar-refractivity contribution in [3.8, 4) is 0 Å². The maximum absolute atomic E-state index is 12.0. The third kappa shape index (κ3) is 2.84. The maximum atomic E-state index is 12.0. The van der Waals surface area contributed by atoms with Crippen LogP contribution in [0.1, 0.15) is 63.0 Å².